The van der Waals surface area contributed by atoms with Crippen molar-refractivity contribution in [3.8, 4) is 0 Å². The largest absolute Gasteiger partial charge is 0.348 e. The molecule has 0 aliphatic carbocycles. The molecule has 4 rings (SSSR count). The SMILES string of the molecule is CN1Cc2c(Cl)cc(Cl)cc2C(c2ccc3c(c2)CNC3=O)C1. The first-order chi connectivity index (χ1) is 11.0. The van der Waals surface area contributed by atoms with E-state index in [2.05, 4.69) is 23.3 Å². The van der Waals surface area contributed by atoms with Gasteiger partial charge in [-0.25, -0.2) is 0 Å². The van der Waals surface area contributed by atoms with Gasteiger partial charge in [0.05, 0.1) is 0 Å². The zero-order valence-corrected chi connectivity index (χ0v) is 14.2. The van der Waals surface area contributed by atoms with Crippen molar-refractivity contribution in [2.24, 2.45) is 0 Å². The maximum atomic E-state index is 11.7. The summed E-state index contributed by atoms with van der Waals surface area (Å²) in [5.41, 5.74) is 5.38. The number of amides is 1. The van der Waals surface area contributed by atoms with E-state index in [9.17, 15) is 4.79 Å². The summed E-state index contributed by atoms with van der Waals surface area (Å²) in [4.78, 5) is 14.0. The second kappa shape index (κ2) is 5.52. The Morgan fingerprint density at radius 3 is 2.87 bits per heavy atom. The second-order valence-electron chi connectivity index (χ2n) is 6.30. The molecule has 1 N–H and O–H groups in total. The molecule has 1 atom stereocenters. The molecule has 2 aromatic rings. The van der Waals surface area contributed by atoms with Crippen molar-refractivity contribution in [3.63, 3.8) is 0 Å². The van der Waals surface area contributed by atoms with Crippen molar-refractivity contribution in [1.82, 2.24) is 10.2 Å². The summed E-state index contributed by atoms with van der Waals surface area (Å²) in [6.07, 6.45) is 0. The van der Waals surface area contributed by atoms with E-state index < -0.39 is 0 Å². The van der Waals surface area contributed by atoms with Crippen LogP contribution in [0, 0.1) is 0 Å². The minimum Gasteiger partial charge on any atom is -0.348 e. The minimum absolute atomic E-state index is 0.0128. The molecule has 0 radical (unpaired) electrons. The average Bonchev–Trinajstić information content (AvgIpc) is 2.88. The lowest BCUT2D eigenvalue weighted by atomic mass is 9.84. The molecule has 2 heterocycles. The number of halogens is 2. The third-order valence-electron chi connectivity index (χ3n) is 4.71. The highest BCUT2D eigenvalue weighted by Crippen LogP contribution is 2.39. The van der Waals surface area contributed by atoms with Crippen LogP contribution in [0.4, 0.5) is 0 Å². The van der Waals surface area contributed by atoms with Crippen molar-refractivity contribution >= 4 is 29.1 Å². The van der Waals surface area contributed by atoms with E-state index in [1.165, 1.54) is 11.1 Å². The highest BCUT2D eigenvalue weighted by atomic mass is 35.5. The number of fused-ring (bicyclic) bond motifs is 2. The summed E-state index contributed by atoms with van der Waals surface area (Å²) < 4.78 is 0. The lowest BCUT2D eigenvalue weighted by Crippen LogP contribution is -2.31. The first-order valence-corrected chi connectivity index (χ1v) is 8.36. The summed E-state index contributed by atoms with van der Waals surface area (Å²) >= 11 is 12.6. The fraction of sp³-hybridized carbons (Fsp3) is 0.278. The van der Waals surface area contributed by atoms with E-state index in [1.54, 1.807) is 0 Å². The highest BCUT2D eigenvalue weighted by Gasteiger charge is 2.28. The Labute approximate surface area is 145 Å². The molecule has 0 bridgehead atoms. The zero-order valence-electron chi connectivity index (χ0n) is 12.7. The van der Waals surface area contributed by atoms with E-state index in [0.29, 0.717) is 11.6 Å². The smallest absolute Gasteiger partial charge is 0.251 e. The van der Waals surface area contributed by atoms with Gasteiger partial charge in [-0.3, -0.25) is 4.79 Å². The van der Waals surface area contributed by atoms with Crippen LogP contribution in [0.5, 0.6) is 0 Å². The maximum absolute atomic E-state index is 11.7. The van der Waals surface area contributed by atoms with Crippen LogP contribution in [0.2, 0.25) is 10.0 Å². The first kappa shape index (κ1) is 15.0. The van der Waals surface area contributed by atoms with Crippen molar-refractivity contribution < 1.29 is 4.79 Å². The van der Waals surface area contributed by atoms with Gasteiger partial charge in [0, 0.05) is 41.2 Å². The second-order valence-corrected chi connectivity index (χ2v) is 7.15. The predicted molar refractivity (Wildman–Crippen MR) is 92.3 cm³/mol. The van der Waals surface area contributed by atoms with E-state index in [1.807, 2.05) is 24.3 Å². The molecule has 118 valence electrons. The number of nitrogens with one attached hydrogen (secondary N) is 1. The molecule has 1 unspecified atom stereocenters. The van der Waals surface area contributed by atoms with Crippen LogP contribution in [0.1, 0.15) is 38.5 Å². The molecule has 2 aliphatic rings. The van der Waals surface area contributed by atoms with E-state index in [0.717, 1.165) is 34.8 Å². The Hall–Kier alpha value is -1.55. The molecule has 3 nitrogen and oxygen atoms in total. The van der Waals surface area contributed by atoms with Gasteiger partial charge in [0.2, 0.25) is 0 Å². The van der Waals surface area contributed by atoms with E-state index >= 15 is 0 Å². The lowest BCUT2D eigenvalue weighted by molar-refractivity contribution is 0.0966. The van der Waals surface area contributed by atoms with Crippen LogP contribution in [-0.2, 0) is 13.1 Å². The third-order valence-corrected chi connectivity index (χ3v) is 5.26. The van der Waals surface area contributed by atoms with Crippen LogP contribution in [0.15, 0.2) is 30.3 Å². The van der Waals surface area contributed by atoms with Gasteiger partial charge in [-0.2, -0.15) is 0 Å². The molecule has 2 aromatic carbocycles. The molecule has 0 spiro atoms. The van der Waals surface area contributed by atoms with Gasteiger partial charge in [-0.15, -0.1) is 0 Å². The van der Waals surface area contributed by atoms with Gasteiger partial charge in [0.1, 0.15) is 0 Å². The summed E-state index contributed by atoms with van der Waals surface area (Å²) in [6.45, 7) is 2.34. The zero-order chi connectivity index (χ0) is 16.1. The van der Waals surface area contributed by atoms with Crippen LogP contribution in [0.25, 0.3) is 0 Å². The average molecular weight is 347 g/mol. The lowest BCUT2D eigenvalue weighted by Gasteiger charge is -2.33. The van der Waals surface area contributed by atoms with Crippen molar-refractivity contribution in [3.05, 3.63) is 68.2 Å². The van der Waals surface area contributed by atoms with Crippen molar-refractivity contribution in [1.29, 1.82) is 0 Å². The normalized spacial score (nSPS) is 20.1. The Bertz CT molecular complexity index is 819. The quantitative estimate of drug-likeness (QED) is 0.851. The van der Waals surface area contributed by atoms with Gasteiger partial charge in [0.25, 0.3) is 5.91 Å². The first-order valence-electron chi connectivity index (χ1n) is 7.60. The number of carbonyl (C=O) groups excluding carboxylic acids is 1. The Morgan fingerprint density at radius 2 is 2.04 bits per heavy atom. The highest BCUT2D eigenvalue weighted by molar-refractivity contribution is 6.35. The number of hydrogen-bond acceptors (Lipinski definition) is 2. The van der Waals surface area contributed by atoms with E-state index in [-0.39, 0.29) is 11.8 Å². The van der Waals surface area contributed by atoms with Gasteiger partial charge in [-0.05, 0) is 47.5 Å². The number of likely N-dealkylation sites (N-methyl/N-ethyl adjacent to an activating group) is 1. The van der Waals surface area contributed by atoms with Gasteiger partial charge in [0.15, 0.2) is 0 Å². The molecule has 1 amide bonds. The molecular formula is C18H16Cl2N2O. The number of rotatable bonds is 1. The fourth-order valence-electron chi connectivity index (χ4n) is 3.60. The molecule has 5 heteroatoms. The topological polar surface area (TPSA) is 32.3 Å². The number of hydrogen-bond donors (Lipinski definition) is 1. The summed E-state index contributed by atoms with van der Waals surface area (Å²) in [7, 11) is 2.10. The van der Waals surface area contributed by atoms with Crippen LogP contribution >= 0.6 is 23.2 Å². The Kier molecular flexibility index (Phi) is 3.60. The summed E-state index contributed by atoms with van der Waals surface area (Å²) in [6, 6.07) is 9.94. The van der Waals surface area contributed by atoms with Crippen molar-refractivity contribution in [2.45, 2.75) is 19.0 Å². The Balaban J connectivity index is 1.83. The van der Waals surface area contributed by atoms with Crippen LogP contribution in [-0.4, -0.2) is 24.4 Å². The Morgan fingerprint density at radius 1 is 1.22 bits per heavy atom. The number of nitrogens with zero attached hydrogens (tertiary/aromatic N) is 1. The van der Waals surface area contributed by atoms with Crippen LogP contribution in [0.3, 0.4) is 0 Å². The van der Waals surface area contributed by atoms with Gasteiger partial charge < -0.3 is 10.2 Å². The van der Waals surface area contributed by atoms with Gasteiger partial charge >= 0.3 is 0 Å². The summed E-state index contributed by atoms with van der Waals surface area (Å²) in [5, 5.41) is 4.26. The molecule has 23 heavy (non-hydrogen) atoms. The minimum atomic E-state index is 0.0128. The third kappa shape index (κ3) is 2.53. The van der Waals surface area contributed by atoms with Crippen molar-refractivity contribution in [2.75, 3.05) is 13.6 Å². The monoisotopic (exact) mass is 346 g/mol. The standard InChI is InChI=1S/C18H16Cl2N2O/c1-22-8-15(14-5-12(19)6-17(20)16(14)9-22)10-2-3-13-11(4-10)7-21-18(13)23/h2-6,15H,7-9H2,1H3,(H,21,23). The molecule has 0 aromatic heterocycles. The maximum Gasteiger partial charge on any atom is 0.251 e. The molecule has 2 aliphatic heterocycles. The molecule has 0 saturated carbocycles. The van der Waals surface area contributed by atoms with Crippen LogP contribution < -0.4 is 5.32 Å². The molecule has 0 saturated heterocycles. The fourth-order valence-corrected chi connectivity index (χ4v) is 4.17. The molecule has 0 fully saturated rings. The number of carbonyl (C=O) groups is 1. The predicted octanol–water partition coefficient (Wildman–Crippen LogP) is 3.81. The van der Waals surface area contributed by atoms with Gasteiger partial charge in [-0.1, -0.05) is 35.3 Å². The summed E-state index contributed by atoms with van der Waals surface area (Å²) in [5.74, 6) is 0.222. The molecular weight excluding hydrogens is 331 g/mol. The number of benzene rings is 2. The van der Waals surface area contributed by atoms with E-state index in [4.69, 9.17) is 23.2 Å².